The minimum atomic E-state index is -3.67. The van der Waals surface area contributed by atoms with Gasteiger partial charge in [-0.15, -0.1) is 0 Å². The monoisotopic (exact) mass is 482 g/mol. The topological polar surface area (TPSA) is 99.7 Å². The van der Waals surface area contributed by atoms with Crippen LogP contribution in [0.5, 0.6) is 0 Å². The Morgan fingerprint density at radius 1 is 1.06 bits per heavy atom. The molecule has 2 amide bonds. The van der Waals surface area contributed by atoms with E-state index in [0.717, 1.165) is 30.5 Å². The van der Waals surface area contributed by atoms with Crippen molar-refractivity contribution in [2.45, 2.75) is 56.4 Å². The summed E-state index contributed by atoms with van der Waals surface area (Å²) in [7, 11) is -3.67. The number of aromatic nitrogens is 1. The molecule has 3 heterocycles. The molecule has 1 aromatic carbocycles. The highest BCUT2D eigenvalue weighted by Gasteiger charge is 2.38. The zero-order valence-electron chi connectivity index (χ0n) is 19.3. The molecule has 9 heteroatoms. The molecule has 5 rings (SSSR count). The number of pyridine rings is 1. The lowest BCUT2D eigenvalue weighted by Gasteiger charge is -2.32. The van der Waals surface area contributed by atoms with Crippen molar-refractivity contribution < 1.29 is 18.0 Å². The number of nitrogens with one attached hydrogen (secondary N) is 1. The summed E-state index contributed by atoms with van der Waals surface area (Å²) in [4.78, 5) is 31.6. The lowest BCUT2D eigenvalue weighted by atomic mass is 9.84. The van der Waals surface area contributed by atoms with Crippen LogP contribution in [-0.2, 0) is 26.0 Å². The molecule has 0 bridgehead atoms. The van der Waals surface area contributed by atoms with Crippen molar-refractivity contribution >= 4 is 33.2 Å². The molecule has 3 aliphatic rings. The van der Waals surface area contributed by atoms with E-state index in [9.17, 15) is 18.0 Å². The Balaban J connectivity index is 1.25. The van der Waals surface area contributed by atoms with Gasteiger partial charge in [-0.25, -0.2) is 8.42 Å². The van der Waals surface area contributed by atoms with Gasteiger partial charge in [-0.05, 0) is 74.9 Å². The van der Waals surface area contributed by atoms with Crippen LogP contribution in [0, 0.1) is 11.8 Å². The second kappa shape index (κ2) is 9.11. The molecule has 1 saturated heterocycles. The molecule has 1 saturated carbocycles. The van der Waals surface area contributed by atoms with Crippen molar-refractivity contribution in [2.75, 3.05) is 23.3 Å². The number of amides is 2. The Morgan fingerprint density at radius 3 is 2.47 bits per heavy atom. The standard InChI is InChI=1S/C25H30N4O4S/c1-17-14-20-15-22(7-8-23(20)29(17)25(31)19-4-2-5-19)34(32,33)28-12-9-18(10-13-28)24(30)27-21-6-3-11-26-16-21/h3,6-8,11,15-19H,2,4-5,9-10,12-14H2,1H3,(H,27,30)/t17-/m1/s1. The van der Waals surface area contributed by atoms with Gasteiger partial charge in [0.15, 0.2) is 0 Å². The maximum atomic E-state index is 13.4. The van der Waals surface area contributed by atoms with E-state index in [4.69, 9.17) is 0 Å². The Hall–Kier alpha value is -2.78. The van der Waals surface area contributed by atoms with E-state index in [0.29, 0.717) is 38.0 Å². The number of benzene rings is 1. The first-order valence-electron chi connectivity index (χ1n) is 12.0. The van der Waals surface area contributed by atoms with E-state index < -0.39 is 10.0 Å². The largest absolute Gasteiger partial charge is 0.324 e. The summed E-state index contributed by atoms with van der Waals surface area (Å²) in [5, 5.41) is 2.86. The number of nitrogens with zero attached hydrogens (tertiary/aromatic N) is 3. The maximum absolute atomic E-state index is 13.4. The van der Waals surface area contributed by atoms with Crippen LogP contribution in [0.3, 0.4) is 0 Å². The van der Waals surface area contributed by atoms with Crippen molar-refractivity contribution in [3.05, 3.63) is 48.3 Å². The molecule has 2 aliphatic heterocycles. The van der Waals surface area contributed by atoms with Gasteiger partial charge in [-0.3, -0.25) is 14.6 Å². The Morgan fingerprint density at radius 2 is 1.82 bits per heavy atom. The molecule has 1 N–H and O–H groups in total. The minimum Gasteiger partial charge on any atom is -0.324 e. The van der Waals surface area contributed by atoms with Crippen molar-refractivity contribution in [3.63, 3.8) is 0 Å². The van der Waals surface area contributed by atoms with E-state index in [1.807, 2.05) is 11.8 Å². The molecule has 180 valence electrons. The number of rotatable bonds is 5. The van der Waals surface area contributed by atoms with Gasteiger partial charge < -0.3 is 10.2 Å². The van der Waals surface area contributed by atoms with Gasteiger partial charge in [-0.1, -0.05) is 6.42 Å². The second-order valence-corrected chi connectivity index (χ2v) is 11.5. The highest BCUT2D eigenvalue weighted by atomic mass is 32.2. The highest BCUT2D eigenvalue weighted by Crippen LogP contribution is 2.38. The number of carbonyl (C=O) groups excluding carboxylic acids is 2. The van der Waals surface area contributed by atoms with Crippen LogP contribution in [-0.4, -0.2) is 48.7 Å². The molecule has 0 unspecified atom stereocenters. The van der Waals surface area contributed by atoms with Crippen LogP contribution < -0.4 is 10.2 Å². The fourth-order valence-corrected chi connectivity index (χ4v) is 6.66. The van der Waals surface area contributed by atoms with Gasteiger partial charge in [0.05, 0.1) is 16.8 Å². The highest BCUT2D eigenvalue weighted by molar-refractivity contribution is 7.89. The predicted molar refractivity (Wildman–Crippen MR) is 129 cm³/mol. The molecule has 2 fully saturated rings. The van der Waals surface area contributed by atoms with Gasteiger partial charge in [0.2, 0.25) is 21.8 Å². The third-order valence-electron chi connectivity index (χ3n) is 7.35. The predicted octanol–water partition coefficient (Wildman–Crippen LogP) is 3.20. The lowest BCUT2D eigenvalue weighted by molar-refractivity contribution is -0.125. The molecule has 34 heavy (non-hydrogen) atoms. The number of piperidine rings is 1. The van der Waals surface area contributed by atoms with Crippen LogP contribution in [0.1, 0.15) is 44.6 Å². The van der Waals surface area contributed by atoms with E-state index in [2.05, 4.69) is 10.3 Å². The molecule has 1 aliphatic carbocycles. The molecular weight excluding hydrogens is 452 g/mol. The summed E-state index contributed by atoms with van der Waals surface area (Å²) in [5.74, 6) is -0.0698. The van der Waals surface area contributed by atoms with E-state index >= 15 is 0 Å². The average molecular weight is 483 g/mol. The third kappa shape index (κ3) is 4.22. The van der Waals surface area contributed by atoms with Gasteiger partial charge in [0.25, 0.3) is 0 Å². The number of carbonyl (C=O) groups is 2. The summed E-state index contributed by atoms with van der Waals surface area (Å²) in [5.41, 5.74) is 2.39. The summed E-state index contributed by atoms with van der Waals surface area (Å²) in [6.45, 7) is 2.62. The molecule has 1 atom stereocenters. The van der Waals surface area contributed by atoms with Crippen LogP contribution >= 0.6 is 0 Å². The van der Waals surface area contributed by atoms with Crippen LogP contribution in [0.2, 0.25) is 0 Å². The zero-order valence-corrected chi connectivity index (χ0v) is 20.1. The lowest BCUT2D eigenvalue weighted by Crippen LogP contribution is -2.42. The number of hydrogen-bond donors (Lipinski definition) is 1. The summed E-state index contributed by atoms with van der Waals surface area (Å²) < 4.78 is 28.2. The third-order valence-corrected chi connectivity index (χ3v) is 9.24. The Bertz CT molecular complexity index is 1190. The molecule has 1 aromatic heterocycles. The normalized spacial score (nSPS) is 21.7. The molecule has 2 aromatic rings. The first-order chi connectivity index (χ1) is 16.3. The molecule has 8 nitrogen and oxygen atoms in total. The van der Waals surface area contributed by atoms with Crippen LogP contribution in [0.15, 0.2) is 47.6 Å². The van der Waals surface area contributed by atoms with Crippen molar-refractivity contribution in [1.29, 1.82) is 0 Å². The SMILES string of the molecule is C[C@@H]1Cc2cc(S(=O)(=O)N3CCC(C(=O)Nc4cccnc4)CC3)ccc2N1C(=O)C1CCC1. The fourth-order valence-electron chi connectivity index (χ4n) is 5.14. The van der Waals surface area contributed by atoms with Crippen LogP contribution in [0.25, 0.3) is 0 Å². The van der Waals surface area contributed by atoms with Gasteiger partial charge in [0.1, 0.15) is 0 Å². The van der Waals surface area contributed by atoms with Gasteiger partial charge >= 0.3 is 0 Å². The molecule has 0 spiro atoms. The van der Waals surface area contributed by atoms with Crippen molar-refractivity contribution in [1.82, 2.24) is 9.29 Å². The van der Waals surface area contributed by atoms with Gasteiger partial charge in [0, 0.05) is 42.9 Å². The van der Waals surface area contributed by atoms with E-state index in [-0.39, 0.29) is 34.6 Å². The Labute approximate surface area is 200 Å². The Kier molecular flexibility index (Phi) is 6.16. The van der Waals surface area contributed by atoms with Crippen LogP contribution in [0.4, 0.5) is 11.4 Å². The zero-order chi connectivity index (χ0) is 23.9. The number of sulfonamides is 1. The number of hydrogen-bond acceptors (Lipinski definition) is 5. The molecule has 0 radical (unpaired) electrons. The minimum absolute atomic E-state index is 0.0372. The first-order valence-corrected chi connectivity index (χ1v) is 13.5. The van der Waals surface area contributed by atoms with Crippen molar-refractivity contribution in [2.24, 2.45) is 11.8 Å². The average Bonchev–Trinajstić information content (AvgIpc) is 3.13. The fraction of sp³-hybridized carbons (Fsp3) is 0.480. The number of anilines is 2. The smallest absolute Gasteiger partial charge is 0.243 e. The maximum Gasteiger partial charge on any atom is 0.243 e. The second-order valence-electron chi connectivity index (χ2n) is 9.59. The summed E-state index contributed by atoms with van der Waals surface area (Å²) >= 11 is 0. The summed E-state index contributed by atoms with van der Waals surface area (Å²) in [6, 6.07) is 8.71. The van der Waals surface area contributed by atoms with Gasteiger partial charge in [-0.2, -0.15) is 4.31 Å². The first kappa shape index (κ1) is 23.0. The quantitative estimate of drug-likeness (QED) is 0.706. The summed E-state index contributed by atoms with van der Waals surface area (Å²) in [6.07, 6.45) is 7.82. The van der Waals surface area contributed by atoms with E-state index in [1.54, 1.807) is 42.7 Å². The van der Waals surface area contributed by atoms with Crippen molar-refractivity contribution in [3.8, 4) is 0 Å². The molecular formula is C25H30N4O4S. The van der Waals surface area contributed by atoms with E-state index in [1.165, 1.54) is 4.31 Å². The number of fused-ring (bicyclic) bond motifs is 1.